The lowest BCUT2D eigenvalue weighted by molar-refractivity contribution is 0.447. The maximum absolute atomic E-state index is 3.58. The molecule has 70 valence electrons. The van der Waals surface area contributed by atoms with Crippen molar-refractivity contribution in [2.75, 3.05) is 0 Å². The highest BCUT2D eigenvalue weighted by atomic mass is 14.9. The molecule has 0 aliphatic heterocycles. The Balaban J connectivity index is 2.34. The Morgan fingerprint density at radius 3 is 2.50 bits per heavy atom. The lowest BCUT2D eigenvalue weighted by Crippen LogP contribution is -2.30. The van der Waals surface area contributed by atoms with Gasteiger partial charge in [0, 0.05) is 11.7 Å². The van der Waals surface area contributed by atoms with E-state index in [0.717, 1.165) is 5.92 Å². The first-order chi connectivity index (χ1) is 5.70. The maximum atomic E-state index is 3.58. The summed E-state index contributed by atoms with van der Waals surface area (Å²) >= 11 is 0. The summed E-state index contributed by atoms with van der Waals surface area (Å²) in [6.07, 6.45) is 7.64. The number of hydrogen-bond acceptors (Lipinski definition) is 1. The molecule has 1 aliphatic carbocycles. The van der Waals surface area contributed by atoms with Gasteiger partial charge in [0.15, 0.2) is 0 Å². The van der Waals surface area contributed by atoms with E-state index in [9.17, 15) is 0 Å². The molecule has 1 atom stereocenters. The van der Waals surface area contributed by atoms with E-state index < -0.39 is 0 Å². The second-order valence-corrected chi connectivity index (χ2v) is 4.15. The van der Waals surface area contributed by atoms with E-state index >= 15 is 0 Å². The highest BCUT2D eigenvalue weighted by molar-refractivity contribution is 5.03. The van der Waals surface area contributed by atoms with Crippen LogP contribution >= 0.6 is 0 Å². The first-order valence-electron chi connectivity index (χ1n) is 5.15. The van der Waals surface area contributed by atoms with E-state index in [1.54, 1.807) is 0 Å². The van der Waals surface area contributed by atoms with Gasteiger partial charge in [-0.2, -0.15) is 0 Å². The standard InChI is InChI=1S/C11H21N/c1-9(2)10(3)12-11-7-5-4-6-8-11/h7,9-10,12H,4-6,8H2,1-3H3. The van der Waals surface area contributed by atoms with Crippen LogP contribution in [-0.4, -0.2) is 6.04 Å². The largest absolute Gasteiger partial charge is 0.386 e. The molecule has 1 N–H and O–H groups in total. The third kappa shape index (κ3) is 2.88. The molecule has 0 saturated heterocycles. The molecule has 0 aromatic carbocycles. The van der Waals surface area contributed by atoms with Crippen LogP contribution < -0.4 is 5.32 Å². The van der Waals surface area contributed by atoms with E-state index in [2.05, 4.69) is 32.2 Å². The molecule has 1 nitrogen and oxygen atoms in total. The third-order valence-electron chi connectivity index (χ3n) is 2.70. The maximum Gasteiger partial charge on any atom is 0.0252 e. The van der Waals surface area contributed by atoms with Crippen LogP contribution in [0.2, 0.25) is 0 Å². The average Bonchev–Trinajstić information content (AvgIpc) is 2.06. The SMILES string of the molecule is CC(C)C(C)NC1=CCCCC1. The fraction of sp³-hybridized carbons (Fsp3) is 0.818. The van der Waals surface area contributed by atoms with Crippen LogP contribution in [0.3, 0.4) is 0 Å². The molecule has 12 heavy (non-hydrogen) atoms. The van der Waals surface area contributed by atoms with Gasteiger partial charge in [0.2, 0.25) is 0 Å². The van der Waals surface area contributed by atoms with Crippen LogP contribution in [0.4, 0.5) is 0 Å². The summed E-state index contributed by atoms with van der Waals surface area (Å²) in [7, 11) is 0. The molecular weight excluding hydrogens is 146 g/mol. The topological polar surface area (TPSA) is 12.0 Å². The Labute approximate surface area is 76.2 Å². The van der Waals surface area contributed by atoms with Crippen LogP contribution in [-0.2, 0) is 0 Å². The van der Waals surface area contributed by atoms with E-state index in [-0.39, 0.29) is 0 Å². The van der Waals surface area contributed by atoms with Gasteiger partial charge < -0.3 is 5.32 Å². The van der Waals surface area contributed by atoms with Gasteiger partial charge in [-0.25, -0.2) is 0 Å². The lowest BCUT2D eigenvalue weighted by Gasteiger charge is -2.23. The number of rotatable bonds is 3. The van der Waals surface area contributed by atoms with Crippen molar-refractivity contribution in [1.82, 2.24) is 5.32 Å². The second kappa shape index (κ2) is 4.54. The van der Waals surface area contributed by atoms with Crippen molar-refractivity contribution in [2.24, 2.45) is 5.92 Å². The zero-order valence-electron chi connectivity index (χ0n) is 8.56. The van der Waals surface area contributed by atoms with Gasteiger partial charge in [-0.3, -0.25) is 0 Å². The van der Waals surface area contributed by atoms with Gasteiger partial charge in [-0.05, 0) is 38.5 Å². The van der Waals surface area contributed by atoms with Crippen LogP contribution in [0.25, 0.3) is 0 Å². The Bertz CT molecular complexity index is 158. The quantitative estimate of drug-likeness (QED) is 0.681. The molecule has 0 fully saturated rings. The summed E-state index contributed by atoms with van der Waals surface area (Å²) < 4.78 is 0. The minimum Gasteiger partial charge on any atom is -0.386 e. The van der Waals surface area contributed by atoms with E-state index in [1.807, 2.05) is 0 Å². The molecule has 0 heterocycles. The van der Waals surface area contributed by atoms with E-state index in [0.29, 0.717) is 6.04 Å². The first-order valence-corrected chi connectivity index (χ1v) is 5.15. The minimum absolute atomic E-state index is 0.620. The molecule has 0 aromatic heterocycles. The fourth-order valence-electron chi connectivity index (χ4n) is 1.43. The molecule has 0 bridgehead atoms. The van der Waals surface area contributed by atoms with Crippen LogP contribution in [0.15, 0.2) is 11.8 Å². The Hall–Kier alpha value is -0.460. The minimum atomic E-state index is 0.620. The molecule has 1 aliphatic rings. The van der Waals surface area contributed by atoms with Crippen LogP contribution in [0.1, 0.15) is 46.5 Å². The molecule has 1 unspecified atom stereocenters. The van der Waals surface area contributed by atoms with E-state index in [4.69, 9.17) is 0 Å². The van der Waals surface area contributed by atoms with Crippen molar-refractivity contribution in [1.29, 1.82) is 0 Å². The van der Waals surface area contributed by atoms with Gasteiger partial charge in [-0.15, -0.1) is 0 Å². The monoisotopic (exact) mass is 167 g/mol. The number of hydrogen-bond donors (Lipinski definition) is 1. The first kappa shape index (κ1) is 9.63. The lowest BCUT2D eigenvalue weighted by atomic mass is 10.0. The summed E-state index contributed by atoms with van der Waals surface area (Å²) in [5.41, 5.74) is 1.47. The summed E-state index contributed by atoms with van der Waals surface area (Å²) in [5, 5.41) is 3.58. The molecule has 0 amide bonds. The molecule has 0 aromatic rings. The number of nitrogens with one attached hydrogen (secondary N) is 1. The highest BCUT2D eigenvalue weighted by Gasteiger charge is 2.09. The van der Waals surface area contributed by atoms with Crippen molar-refractivity contribution in [3.05, 3.63) is 11.8 Å². The van der Waals surface area contributed by atoms with Crippen molar-refractivity contribution in [3.63, 3.8) is 0 Å². The van der Waals surface area contributed by atoms with Crippen LogP contribution in [0.5, 0.6) is 0 Å². The predicted molar refractivity (Wildman–Crippen MR) is 54.0 cm³/mol. The van der Waals surface area contributed by atoms with Gasteiger partial charge in [-0.1, -0.05) is 19.9 Å². The zero-order valence-corrected chi connectivity index (χ0v) is 8.56. The molecule has 0 radical (unpaired) electrons. The molecule has 0 spiro atoms. The van der Waals surface area contributed by atoms with Gasteiger partial charge in [0.05, 0.1) is 0 Å². The van der Waals surface area contributed by atoms with Crippen molar-refractivity contribution < 1.29 is 0 Å². The normalized spacial score (nSPS) is 20.5. The highest BCUT2D eigenvalue weighted by Crippen LogP contribution is 2.16. The third-order valence-corrected chi connectivity index (χ3v) is 2.70. The summed E-state index contributed by atoms with van der Waals surface area (Å²) in [5.74, 6) is 0.729. The molecule has 0 saturated carbocycles. The molecule has 1 heteroatoms. The second-order valence-electron chi connectivity index (χ2n) is 4.15. The van der Waals surface area contributed by atoms with Crippen LogP contribution in [0, 0.1) is 5.92 Å². The predicted octanol–water partition coefficient (Wildman–Crippen LogP) is 3.08. The summed E-state index contributed by atoms with van der Waals surface area (Å²) in [6.45, 7) is 6.79. The summed E-state index contributed by atoms with van der Waals surface area (Å²) in [6, 6.07) is 0.620. The molecule has 1 rings (SSSR count). The van der Waals surface area contributed by atoms with Gasteiger partial charge in [0.25, 0.3) is 0 Å². The average molecular weight is 167 g/mol. The fourth-order valence-corrected chi connectivity index (χ4v) is 1.43. The van der Waals surface area contributed by atoms with Crippen molar-refractivity contribution in [3.8, 4) is 0 Å². The Morgan fingerprint density at radius 2 is 2.00 bits per heavy atom. The van der Waals surface area contributed by atoms with Crippen molar-refractivity contribution in [2.45, 2.75) is 52.5 Å². The summed E-state index contributed by atoms with van der Waals surface area (Å²) in [4.78, 5) is 0. The zero-order chi connectivity index (χ0) is 8.97. The van der Waals surface area contributed by atoms with Crippen molar-refractivity contribution >= 4 is 0 Å². The number of allylic oxidation sites excluding steroid dienone is 2. The van der Waals surface area contributed by atoms with Gasteiger partial charge in [0.1, 0.15) is 0 Å². The van der Waals surface area contributed by atoms with E-state index in [1.165, 1.54) is 31.4 Å². The van der Waals surface area contributed by atoms with Gasteiger partial charge >= 0.3 is 0 Å². The molecular formula is C11H21N. The Kier molecular flexibility index (Phi) is 3.64. The smallest absolute Gasteiger partial charge is 0.0252 e. The Morgan fingerprint density at radius 1 is 1.25 bits per heavy atom.